The Bertz CT molecular complexity index is 1040. The zero-order valence-corrected chi connectivity index (χ0v) is 14.6. The summed E-state index contributed by atoms with van der Waals surface area (Å²) in [5.41, 5.74) is 1.27. The number of nitrogens with zero attached hydrogens (tertiary/aromatic N) is 2. The van der Waals surface area contributed by atoms with Crippen molar-refractivity contribution in [3.8, 4) is 23.1 Å². The summed E-state index contributed by atoms with van der Waals surface area (Å²) in [7, 11) is 0. The number of ether oxygens (including phenoxy) is 1. The number of thioether (sulfide) groups is 1. The molecule has 3 rings (SSSR count). The van der Waals surface area contributed by atoms with Gasteiger partial charge in [0.25, 0.3) is 5.56 Å². The third-order valence-corrected chi connectivity index (χ3v) is 4.18. The van der Waals surface area contributed by atoms with Crippen LogP contribution in [0.2, 0.25) is 0 Å². The van der Waals surface area contributed by atoms with Crippen molar-refractivity contribution in [2.24, 2.45) is 0 Å². The molecule has 0 saturated heterocycles. The molecule has 26 heavy (non-hydrogen) atoms. The largest absolute Gasteiger partial charge is 0.489 e. The van der Waals surface area contributed by atoms with Crippen molar-refractivity contribution in [3.05, 3.63) is 75.8 Å². The number of nitriles is 1. The molecule has 2 aromatic carbocycles. The van der Waals surface area contributed by atoms with Gasteiger partial charge >= 0.3 is 0 Å². The first-order valence-electron chi connectivity index (χ1n) is 7.67. The summed E-state index contributed by atoms with van der Waals surface area (Å²) >= 11 is 1.29. The molecule has 0 atom stereocenters. The minimum absolute atomic E-state index is 0.0361. The van der Waals surface area contributed by atoms with E-state index in [9.17, 15) is 14.4 Å². The number of aromatic nitrogens is 2. The Morgan fingerprint density at radius 1 is 1.27 bits per heavy atom. The maximum atomic E-state index is 13.2. The fraction of sp³-hybridized carbons (Fsp3) is 0.105. The molecule has 3 aromatic rings. The number of hydrogen-bond acceptors (Lipinski definition) is 5. The van der Waals surface area contributed by atoms with Crippen molar-refractivity contribution in [1.82, 2.24) is 9.97 Å². The maximum Gasteiger partial charge on any atom is 0.270 e. The number of halogens is 1. The van der Waals surface area contributed by atoms with E-state index in [1.54, 1.807) is 36.6 Å². The highest BCUT2D eigenvalue weighted by Gasteiger charge is 2.13. The summed E-state index contributed by atoms with van der Waals surface area (Å²) in [6, 6.07) is 15.0. The van der Waals surface area contributed by atoms with Crippen LogP contribution in [0.5, 0.6) is 5.75 Å². The summed E-state index contributed by atoms with van der Waals surface area (Å²) in [6.45, 7) is 0.220. The first-order valence-corrected chi connectivity index (χ1v) is 8.89. The van der Waals surface area contributed by atoms with E-state index in [0.717, 1.165) is 5.56 Å². The van der Waals surface area contributed by atoms with Gasteiger partial charge in [-0.15, -0.1) is 0 Å². The Morgan fingerprint density at radius 2 is 2.08 bits per heavy atom. The minimum atomic E-state index is -0.469. The Hall–Kier alpha value is -3.11. The molecule has 0 fully saturated rings. The standard InChI is InChI=1S/C19H14FN3O2S/c1-26-19-22-17(16(10-21)18(24)23-19)13-5-2-4-12(8-13)11-25-15-7-3-6-14(20)9-15/h2-9H,11H2,1H3,(H,22,23,24). The predicted molar refractivity (Wildman–Crippen MR) is 97.5 cm³/mol. The second-order valence-electron chi connectivity index (χ2n) is 5.36. The molecule has 0 aliphatic heterocycles. The van der Waals surface area contributed by atoms with Crippen molar-refractivity contribution < 1.29 is 9.13 Å². The molecule has 130 valence electrons. The van der Waals surface area contributed by atoms with E-state index in [1.807, 2.05) is 12.1 Å². The molecule has 1 heterocycles. The highest BCUT2D eigenvalue weighted by molar-refractivity contribution is 7.98. The smallest absolute Gasteiger partial charge is 0.270 e. The van der Waals surface area contributed by atoms with E-state index in [2.05, 4.69) is 9.97 Å². The van der Waals surface area contributed by atoms with Crippen molar-refractivity contribution >= 4 is 11.8 Å². The van der Waals surface area contributed by atoms with Crippen LogP contribution in [0.15, 0.2) is 58.5 Å². The van der Waals surface area contributed by atoms with Gasteiger partial charge in [0.2, 0.25) is 0 Å². The molecule has 0 radical (unpaired) electrons. The molecule has 0 unspecified atom stereocenters. The Kier molecular flexibility index (Phi) is 5.34. The Morgan fingerprint density at radius 3 is 2.81 bits per heavy atom. The predicted octanol–water partition coefficient (Wildman–Crippen LogP) is 3.75. The molecule has 0 saturated carbocycles. The van der Waals surface area contributed by atoms with Gasteiger partial charge in [-0.3, -0.25) is 4.79 Å². The topological polar surface area (TPSA) is 78.8 Å². The molecule has 0 aliphatic carbocycles. The number of hydrogen-bond donors (Lipinski definition) is 1. The second-order valence-corrected chi connectivity index (χ2v) is 6.15. The van der Waals surface area contributed by atoms with E-state index >= 15 is 0 Å². The Labute approximate surface area is 153 Å². The van der Waals surface area contributed by atoms with Crippen molar-refractivity contribution in [2.45, 2.75) is 11.8 Å². The van der Waals surface area contributed by atoms with Gasteiger partial charge in [-0.1, -0.05) is 36.0 Å². The number of H-pyrrole nitrogens is 1. The number of aromatic amines is 1. The average molecular weight is 367 g/mol. The quantitative estimate of drug-likeness (QED) is 0.549. The van der Waals surface area contributed by atoms with E-state index in [1.165, 1.54) is 23.9 Å². The van der Waals surface area contributed by atoms with Crippen LogP contribution in [0.4, 0.5) is 4.39 Å². The lowest BCUT2D eigenvalue weighted by molar-refractivity contribution is 0.304. The molecule has 0 amide bonds. The van der Waals surface area contributed by atoms with Gasteiger partial charge < -0.3 is 9.72 Å². The van der Waals surface area contributed by atoms with Crippen LogP contribution in [0, 0.1) is 17.1 Å². The summed E-state index contributed by atoms with van der Waals surface area (Å²) in [5, 5.41) is 9.73. The third-order valence-electron chi connectivity index (χ3n) is 3.60. The van der Waals surface area contributed by atoms with Crippen molar-refractivity contribution in [2.75, 3.05) is 6.26 Å². The molecule has 5 nitrogen and oxygen atoms in total. The summed E-state index contributed by atoms with van der Waals surface area (Å²) < 4.78 is 18.8. The number of nitrogens with one attached hydrogen (secondary N) is 1. The number of benzene rings is 2. The molecule has 0 spiro atoms. The van der Waals surface area contributed by atoms with Crippen LogP contribution < -0.4 is 10.3 Å². The van der Waals surface area contributed by atoms with Crippen molar-refractivity contribution in [1.29, 1.82) is 5.26 Å². The van der Waals surface area contributed by atoms with Crippen LogP contribution in [-0.2, 0) is 6.61 Å². The normalized spacial score (nSPS) is 10.3. The first kappa shape index (κ1) is 17.7. The minimum Gasteiger partial charge on any atom is -0.489 e. The third kappa shape index (κ3) is 3.92. The lowest BCUT2D eigenvalue weighted by Gasteiger charge is -2.09. The van der Waals surface area contributed by atoms with Crippen LogP contribution in [-0.4, -0.2) is 16.2 Å². The van der Waals surface area contributed by atoms with Gasteiger partial charge in [0, 0.05) is 11.6 Å². The number of rotatable bonds is 5. The fourth-order valence-electron chi connectivity index (χ4n) is 2.39. The van der Waals surface area contributed by atoms with Gasteiger partial charge in [0.1, 0.15) is 29.8 Å². The zero-order valence-electron chi connectivity index (χ0n) is 13.8. The summed E-state index contributed by atoms with van der Waals surface area (Å²) in [4.78, 5) is 19.0. The lowest BCUT2D eigenvalue weighted by atomic mass is 10.1. The van der Waals surface area contributed by atoms with E-state index in [0.29, 0.717) is 22.2 Å². The van der Waals surface area contributed by atoms with E-state index in [-0.39, 0.29) is 18.0 Å². The highest BCUT2D eigenvalue weighted by atomic mass is 32.2. The molecular formula is C19H14FN3O2S. The first-order chi connectivity index (χ1) is 12.6. The zero-order chi connectivity index (χ0) is 18.5. The van der Waals surface area contributed by atoms with Gasteiger partial charge in [0.15, 0.2) is 5.16 Å². The molecule has 0 bridgehead atoms. The molecule has 1 aromatic heterocycles. The average Bonchev–Trinajstić information content (AvgIpc) is 2.66. The molecule has 0 aliphatic rings. The van der Waals surface area contributed by atoms with Crippen LogP contribution >= 0.6 is 11.8 Å². The molecular weight excluding hydrogens is 353 g/mol. The van der Waals surface area contributed by atoms with Crippen LogP contribution in [0.25, 0.3) is 11.3 Å². The van der Waals surface area contributed by atoms with Crippen molar-refractivity contribution in [3.63, 3.8) is 0 Å². The van der Waals surface area contributed by atoms with Gasteiger partial charge in [-0.05, 0) is 30.0 Å². The van der Waals surface area contributed by atoms with Gasteiger partial charge in [-0.2, -0.15) is 5.26 Å². The van der Waals surface area contributed by atoms with Gasteiger partial charge in [-0.25, -0.2) is 9.37 Å². The Balaban J connectivity index is 1.91. The van der Waals surface area contributed by atoms with E-state index < -0.39 is 5.56 Å². The monoisotopic (exact) mass is 367 g/mol. The SMILES string of the molecule is CSc1nc(-c2cccc(COc3cccc(F)c3)c2)c(C#N)c(=O)[nH]1. The summed E-state index contributed by atoms with van der Waals surface area (Å²) in [6.07, 6.45) is 1.79. The second kappa shape index (κ2) is 7.85. The molecule has 7 heteroatoms. The van der Waals surface area contributed by atoms with Gasteiger partial charge in [0.05, 0.1) is 5.69 Å². The van der Waals surface area contributed by atoms with Crippen LogP contribution in [0.3, 0.4) is 0 Å². The highest BCUT2D eigenvalue weighted by Crippen LogP contribution is 2.23. The van der Waals surface area contributed by atoms with Crippen LogP contribution in [0.1, 0.15) is 11.1 Å². The fourth-order valence-corrected chi connectivity index (χ4v) is 2.77. The summed E-state index contributed by atoms with van der Waals surface area (Å²) in [5.74, 6) is 0.0549. The molecule has 1 N–H and O–H groups in total. The van der Waals surface area contributed by atoms with E-state index in [4.69, 9.17) is 4.74 Å². The maximum absolute atomic E-state index is 13.2. The lowest BCUT2D eigenvalue weighted by Crippen LogP contribution is -2.14.